The van der Waals surface area contributed by atoms with E-state index < -0.39 is 9.84 Å². The zero-order valence-corrected chi connectivity index (χ0v) is 14.3. The van der Waals surface area contributed by atoms with Crippen molar-refractivity contribution in [2.24, 2.45) is 0 Å². The van der Waals surface area contributed by atoms with Crippen LogP contribution in [0.25, 0.3) is 0 Å². The van der Waals surface area contributed by atoms with Gasteiger partial charge in [0.15, 0.2) is 9.84 Å². The Labute approximate surface area is 138 Å². The molecule has 2 rings (SSSR count). The van der Waals surface area contributed by atoms with Crippen molar-refractivity contribution in [3.8, 4) is 11.5 Å². The number of sulfone groups is 1. The largest absolute Gasteiger partial charge is 0.494 e. The molecule has 0 amide bonds. The summed E-state index contributed by atoms with van der Waals surface area (Å²) in [7, 11) is -3.22. The highest BCUT2D eigenvalue weighted by Crippen LogP contribution is 2.18. The molecule has 4 nitrogen and oxygen atoms in total. The first-order chi connectivity index (χ1) is 11.0. The number of ether oxygens (including phenoxy) is 2. The van der Waals surface area contributed by atoms with Gasteiger partial charge in [0.05, 0.1) is 24.7 Å². The molecule has 0 unspecified atom stereocenters. The van der Waals surface area contributed by atoms with Crippen molar-refractivity contribution in [1.82, 2.24) is 0 Å². The van der Waals surface area contributed by atoms with Crippen molar-refractivity contribution in [2.75, 3.05) is 13.2 Å². The second kappa shape index (κ2) is 8.02. The van der Waals surface area contributed by atoms with Gasteiger partial charge >= 0.3 is 0 Å². The lowest BCUT2D eigenvalue weighted by Crippen LogP contribution is -2.07. The van der Waals surface area contributed by atoms with E-state index in [9.17, 15) is 8.42 Å². The maximum atomic E-state index is 12.3. The van der Waals surface area contributed by atoms with Gasteiger partial charge < -0.3 is 9.47 Å². The Hall–Kier alpha value is -2.01. The highest BCUT2D eigenvalue weighted by atomic mass is 32.2. The van der Waals surface area contributed by atoms with E-state index in [1.54, 1.807) is 48.5 Å². The summed E-state index contributed by atoms with van der Waals surface area (Å²) in [4.78, 5) is 0. The van der Waals surface area contributed by atoms with Crippen molar-refractivity contribution >= 4 is 9.84 Å². The molecule has 0 heterocycles. The van der Waals surface area contributed by atoms with E-state index in [0.29, 0.717) is 13.2 Å². The molecule has 0 spiro atoms. The summed E-state index contributed by atoms with van der Waals surface area (Å²) in [5, 5.41) is 0. The normalized spacial score (nSPS) is 11.2. The van der Waals surface area contributed by atoms with E-state index in [-0.39, 0.29) is 11.5 Å². The topological polar surface area (TPSA) is 52.6 Å². The summed E-state index contributed by atoms with van der Waals surface area (Å²) in [6, 6.07) is 14.4. The van der Waals surface area contributed by atoms with Gasteiger partial charge in [-0.05, 0) is 49.2 Å². The fraction of sp³-hybridized carbons (Fsp3) is 0.333. The monoisotopic (exact) mass is 334 g/mol. The van der Waals surface area contributed by atoms with Crippen molar-refractivity contribution < 1.29 is 17.9 Å². The van der Waals surface area contributed by atoms with Crippen LogP contribution in [0, 0.1) is 0 Å². The molecule has 0 saturated heterocycles. The van der Waals surface area contributed by atoms with E-state index in [2.05, 4.69) is 0 Å². The lowest BCUT2D eigenvalue weighted by molar-refractivity contribution is 0.340. The first-order valence-corrected chi connectivity index (χ1v) is 9.48. The smallest absolute Gasteiger partial charge is 0.158 e. The molecule has 0 saturated carbocycles. The van der Waals surface area contributed by atoms with Gasteiger partial charge in [-0.1, -0.05) is 24.3 Å². The minimum atomic E-state index is -3.22. The molecule has 124 valence electrons. The highest BCUT2D eigenvalue weighted by Gasteiger charge is 2.13. The standard InChI is InChI=1S/C18H22O4S/c1-3-21-17-9-5-15(6-10-17)13-23(19,20)14-16-7-11-18(12-8-16)22-4-2/h5-12H,3-4,13-14H2,1-2H3. The van der Waals surface area contributed by atoms with Crippen molar-refractivity contribution in [2.45, 2.75) is 25.4 Å². The zero-order valence-electron chi connectivity index (χ0n) is 13.5. The average molecular weight is 334 g/mol. The van der Waals surface area contributed by atoms with Gasteiger partial charge in [-0.25, -0.2) is 8.42 Å². The first kappa shape index (κ1) is 17.3. The maximum absolute atomic E-state index is 12.3. The zero-order chi connectivity index (χ0) is 16.7. The minimum Gasteiger partial charge on any atom is -0.494 e. The maximum Gasteiger partial charge on any atom is 0.158 e. The van der Waals surface area contributed by atoms with Gasteiger partial charge in [-0.3, -0.25) is 0 Å². The average Bonchev–Trinajstić information content (AvgIpc) is 2.51. The molecular weight excluding hydrogens is 312 g/mol. The molecule has 0 atom stereocenters. The lowest BCUT2D eigenvalue weighted by atomic mass is 10.2. The Morgan fingerprint density at radius 1 is 0.696 bits per heavy atom. The Kier molecular flexibility index (Phi) is 6.04. The fourth-order valence-electron chi connectivity index (χ4n) is 2.26. The van der Waals surface area contributed by atoms with Gasteiger partial charge in [-0.2, -0.15) is 0 Å². The number of benzene rings is 2. The van der Waals surface area contributed by atoms with E-state index >= 15 is 0 Å². The molecule has 0 N–H and O–H groups in total. The first-order valence-electron chi connectivity index (χ1n) is 7.66. The van der Waals surface area contributed by atoms with E-state index in [4.69, 9.17) is 9.47 Å². The summed E-state index contributed by atoms with van der Waals surface area (Å²) in [5.41, 5.74) is 1.53. The van der Waals surface area contributed by atoms with Gasteiger partial charge in [0.25, 0.3) is 0 Å². The molecule has 2 aromatic rings. The number of hydrogen-bond donors (Lipinski definition) is 0. The molecule has 0 aliphatic rings. The highest BCUT2D eigenvalue weighted by molar-refractivity contribution is 7.89. The van der Waals surface area contributed by atoms with Gasteiger partial charge in [0, 0.05) is 0 Å². The predicted octanol–water partition coefficient (Wildman–Crippen LogP) is 3.60. The van der Waals surface area contributed by atoms with E-state index in [0.717, 1.165) is 22.6 Å². The van der Waals surface area contributed by atoms with Crippen molar-refractivity contribution in [1.29, 1.82) is 0 Å². The van der Waals surface area contributed by atoms with Gasteiger partial charge in [0.2, 0.25) is 0 Å². The van der Waals surface area contributed by atoms with E-state index in [1.807, 2.05) is 13.8 Å². The molecule has 0 bridgehead atoms. The van der Waals surface area contributed by atoms with Crippen molar-refractivity contribution in [3.05, 3.63) is 59.7 Å². The van der Waals surface area contributed by atoms with Crippen LogP contribution in [0.1, 0.15) is 25.0 Å². The van der Waals surface area contributed by atoms with Crippen molar-refractivity contribution in [3.63, 3.8) is 0 Å². The molecule has 0 aliphatic heterocycles. The quantitative estimate of drug-likeness (QED) is 0.740. The summed E-state index contributed by atoms with van der Waals surface area (Å²) >= 11 is 0. The SMILES string of the molecule is CCOc1ccc(CS(=O)(=O)Cc2ccc(OCC)cc2)cc1. The molecule has 23 heavy (non-hydrogen) atoms. The van der Waals surface area contributed by atoms with Gasteiger partial charge in [-0.15, -0.1) is 0 Å². The summed E-state index contributed by atoms with van der Waals surface area (Å²) in [5.74, 6) is 1.54. The second-order valence-electron chi connectivity index (χ2n) is 5.19. The molecule has 5 heteroatoms. The Morgan fingerprint density at radius 2 is 1.04 bits per heavy atom. The Morgan fingerprint density at radius 3 is 1.35 bits per heavy atom. The summed E-state index contributed by atoms with van der Waals surface area (Å²) < 4.78 is 35.4. The van der Waals surface area contributed by atoms with Gasteiger partial charge in [0.1, 0.15) is 11.5 Å². The molecule has 0 aromatic heterocycles. The Balaban J connectivity index is 2.00. The minimum absolute atomic E-state index is 0.0205. The van der Waals surface area contributed by atoms with Crippen LogP contribution in [0.5, 0.6) is 11.5 Å². The number of rotatable bonds is 8. The number of hydrogen-bond acceptors (Lipinski definition) is 4. The predicted molar refractivity (Wildman–Crippen MR) is 91.5 cm³/mol. The van der Waals surface area contributed by atoms with Crippen LogP contribution in [0.2, 0.25) is 0 Å². The second-order valence-corrected chi connectivity index (χ2v) is 7.25. The third kappa shape index (κ3) is 5.60. The van der Waals surface area contributed by atoms with Crippen LogP contribution in [0.3, 0.4) is 0 Å². The molecule has 0 radical (unpaired) electrons. The molecule has 0 fully saturated rings. The lowest BCUT2D eigenvalue weighted by Gasteiger charge is -2.08. The summed E-state index contributed by atoms with van der Waals surface area (Å²) in [6.45, 7) is 5.01. The van der Waals surface area contributed by atoms with E-state index in [1.165, 1.54) is 0 Å². The molecule has 2 aromatic carbocycles. The van der Waals surface area contributed by atoms with Crippen LogP contribution in [-0.4, -0.2) is 21.6 Å². The van der Waals surface area contributed by atoms with Crippen LogP contribution < -0.4 is 9.47 Å². The third-order valence-electron chi connectivity index (χ3n) is 3.24. The van der Waals surface area contributed by atoms with Crippen LogP contribution >= 0.6 is 0 Å². The van der Waals surface area contributed by atoms with Crippen LogP contribution in [0.4, 0.5) is 0 Å². The Bertz CT molecular complexity index is 646. The molecular formula is C18H22O4S. The van der Waals surface area contributed by atoms with Crippen LogP contribution in [-0.2, 0) is 21.3 Å². The fourth-order valence-corrected chi connectivity index (χ4v) is 3.76. The summed E-state index contributed by atoms with van der Waals surface area (Å²) in [6.07, 6.45) is 0. The van der Waals surface area contributed by atoms with Crippen LogP contribution in [0.15, 0.2) is 48.5 Å². The molecule has 0 aliphatic carbocycles. The third-order valence-corrected chi connectivity index (χ3v) is 4.79.